The Bertz CT molecular complexity index is 825. The molecule has 3 heterocycles. The van der Waals surface area contributed by atoms with Gasteiger partial charge in [-0.3, -0.25) is 4.90 Å². The molecule has 1 aromatic heterocycles. The summed E-state index contributed by atoms with van der Waals surface area (Å²) < 4.78 is 20.0. The fraction of sp³-hybridized carbons (Fsp3) is 0.500. The standard InChI is InChI=1S/C20H25FN4O/c1-14-16-11-26-13-20(18(16)23-19(22-14)24(2)3)8-9-25(12-20)10-15-6-4-5-7-17(15)21/h4-7H,8-13H2,1-3H3. The predicted octanol–water partition coefficient (Wildman–Crippen LogP) is 2.66. The van der Waals surface area contributed by atoms with Gasteiger partial charge in [-0.2, -0.15) is 0 Å². The van der Waals surface area contributed by atoms with Gasteiger partial charge in [0.05, 0.1) is 24.3 Å². The lowest BCUT2D eigenvalue weighted by Crippen LogP contribution is -2.41. The van der Waals surface area contributed by atoms with Crippen LogP contribution in [0.15, 0.2) is 24.3 Å². The summed E-state index contributed by atoms with van der Waals surface area (Å²) in [6.07, 6.45) is 0.970. The molecule has 0 radical (unpaired) electrons. The normalized spacial score (nSPS) is 22.6. The molecule has 2 aliphatic rings. The Morgan fingerprint density at radius 1 is 1.27 bits per heavy atom. The predicted molar refractivity (Wildman–Crippen MR) is 98.7 cm³/mol. The Balaban J connectivity index is 1.64. The van der Waals surface area contributed by atoms with Crippen molar-refractivity contribution in [1.82, 2.24) is 14.9 Å². The number of ether oxygens (including phenoxy) is 1. The van der Waals surface area contributed by atoms with E-state index in [-0.39, 0.29) is 11.2 Å². The number of rotatable bonds is 3. The lowest BCUT2D eigenvalue weighted by atomic mass is 9.80. The minimum Gasteiger partial charge on any atom is -0.376 e. The maximum atomic E-state index is 14.0. The molecule has 0 saturated carbocycles. The second-order valence-electron chi connectivity index (χ2n) is 7.66. The van der Waals surface area contributed by atoms with E-state index in [1.54, 1.807) is 6.07 Å². The zero-order chi connectivity index (χ0) is 18.3. The molecule has 1 saturated heterocycles. The van der Waals surface area contributed by atoms with Gasteiger partial charge in [-0.05, 0) is 26.0 Å². The Morgan fingerprint density at radius 2 is 2.08 bits per heavy atom. The number of halogens is 1. The molecule has 0 N–H and O–H groups in total. The third kappa shape index (κ3) is 2.97. The Morgan fingerprint density at radius 3 is 2.85 bits per heavy atom. The number of benzene rings is 1. The van der Waals surface area contributed by atoms with Gasteiger partial charge in [0.2, 0.25) is 5.95 Å². The van der Waals surface area contributed by atoms with Gasteiger partial charge in [-0.25, -0.2) is 14.4 Å². The van der Waals surface area contributed by atoms with Gasteiger partial charge in [0.15, 0.2) is 0 Å². The summed E-state index contributed by atoms with van der Waals surface area (Å²) in [5.41, 5.74) is 3.85. The maximum Gasteiger partial charge on any atom is 0.225 e. The molecular weight excluding hydrogens is 331 g/mol. The van der Waals surface area contributed by atoms with Crippen molar-refractivity contribution in [2.24, 2.45) is 0 Å². The molecule has 0 aliphatic carbocycles. The van der Waals surface area contributed by atoms with Gasteiger partial charge < -0.3 is 9.64 Å². The molecule has 4 rings (SSSR count). The molecule has 1 spiro atoms. The maximum absolute atomic E-state index is 14.0. The first kappa shape index (κ1) is 17.4. The number of fused-ring (bicyclic) bond motifs is 2. The third-order valence-corrected chi connectivity index (χ3v) is 5.51. The molecule has 5 nitrogen and oxygen atoms in total. The summed E-state index contributed by atoms with van der Waals surface area (Å²) in [6, 6.07) is 7.02. The number of anilines is 1. The van der Waals surface area contributed by atoms with E-state index in [4.69, 9.17) is 9.72 Å². The Labute approximate surface area is 153 Å². The second-order valence-corrected chi connectivity index (χ2v) is 7.66. The van der Waals surface area contributed by atoms with Gasteiger partial charge >= 0.3 is 0 Å². The van der Waals surface area contributed by atoms with Crippen LogP contribution in [0.1, 0.15) is 28.9 Å². The fourth-order valence-corrected chi connectivity index (χ4v) is 4.08. The summed E-state index contributed by atoms with van der Waals surface area (Å²) in [5.74, 6) is 0.608. The second kappa shape index (κ2) is 6.59. The number of hydrogen-bond acceptors (Lipinski definition) is 5. The number of hydrogen-bond donors (Lipinski definition) is 0. The lowest BCUT2D eigenvalue weighted by molar-refractivity contribution is 0.0497. The van der Waals surface area contributed by atoms with Crippen molar-refractivity contribution in [3.05, 3.63) is 52.6 Å². The van der Waals surface area contributed by atoms with E-state index in [1.165, 1.54) is 6.07 Å². The molecule has 138 valence electrons. The van der Waals surface area contributed by atoms with E-state index in [1.807, 2.05) is 38.1 Å². The molecule has 2 aliphatic heterocycles. The van der Waals surface area contributed by atoms with Crippen molar-refractivity contribution < 1.29 is 9.13 Å². The van der Waals surface area contributed by atoms with Gasteiger partial charge in [-0.15, -0.1) is 0 Å². The molecule has 0 amide bonds. The number of aryl methyl sites for hydroxylation is 1. The molecule has 6 heteroatoms. The zero-order valence-electron chi connectivity index (χ0n) is 15.6. The highest BCUT2D eigenvalue weighted by atomic mass is 19.1. The summed E-state index contributed by atoms with van der Waals surface area (Å²) in [4.78, 5) is 13.8. The van der Waals surface area contributed by atoms with Crippen LogP contribution in [0.25, 0.3) is 0 Å². The minimum absolute atomic E-state index is 0.128. The van der Waals surface area contributed by atoms with Crippen LogP contribution < -0.4 is 4.90 Å². The average Bonchev–Trinajstić information content (AvgIpc) is 3.01. The number of likely N-dealkylation sites (tertiary alicyclic amines) is 1. The average molecular weight is 356 g/mol. The van der Waals surface area contributed by atoms with E-state index < -0.39 is 0 Å². The monoisotopic (exact) mass is 356 g/mol. The summed E-state index contributed by atoms with van der Waals surface area (Å²) in [5, 5.41) is 0. The first-order valence-electron chi connectivity index (χ1n) is 9.07. The molecule has 1 atom stereocenters. The van der Waals surface area contributed by atoms with Crippen LogP contribution in [-0.4, -0.2) is 48.7 Å². The SMILES string of the molecule is Cc1nc(N(C)C)nc2c1COCC21CCN(Cc2ccccc2F)C1. The van der Waals surface area contributed by atoms with E-state index in [9.17, 15) is 4.39 Å². The zero-order valence-corrected chi connectivity index (χ0v) is 15.6. The van der Waals surface area contributed by atoms with E-state index >= 15 is 0 Å². The van der Waals surface area contributed by atoms with Gasteiger partial charge in [0.25, 0.3) is 0 Å². The van der Waals surface area contributed by atoms with Crippen molar-refractivity contribution in [2.45, 2.75) is 31.9 Å². The molecule has 26 heavy (non-hydrogen) atoms. The van der Waals surface area contributed by atoms with Crippen LogP contribution in [0.2, 0.25) is 0 Å². The molecule has 2 aromatic rings. The van der Waals surface area contributed by atoms with Crippen molar-refractivity contribution in [3.8, 4) is 0 Å². The van der Waals surface area contributed by atoms with Crippen LogP contribution in [0.3, 0.4) is 0 Å². The fourth-order valence-electron chi connectivity index (χ4n) is 4.08. The topological polar surface area (TPSA) is 41.5 Å². The van der Waals surface area contributed by atoms with Crippen molar-refractivity contribution in [1.29, 1.82) is 0 Å². The molecular formula is C20H25FN4O. The first-order valence-corrected chi connectivity index (χ1v) is 9.07. The van der Waals surface area contributed by atoms with Crippen molar-refractivity contribution in [2.75, 3.05) is 38.7 Å². The van der Waals surface area contributed by atoms with E-state index in [0.717, 1.165) is 48.0 Å². The van der Waals surface area contributed by atoms with Gasteiger partial charge in [0.1, 0.15) is 5.82 Å². The highest BCUT2D eigenvalue weighted by Crippen LogP contribution is 2.40. The smallest absolute Gasteiger partial charge is 0.225 e. The van der Waals surface area contributed by atoms with Crippen LogP contribution in [0, 0.1) is 12.7 Å². The molecule has 1 fully saturated rings. The minimum atomic E-state index is -0.137. The molecule has 1 aromatic carbocycles. The largest absolute Gasteiger partial charge is 0.376 e. The first-order chi connectivity index (χ1) is 12.5. The van der Waals surface area contributed by atoms with E-state index in [2.05, 4.69) is 9.88 Å². The van der Waals surface area contributed by atoms with Gasteiger partial charge in [-0.1, -0.05) is 18.2 Å². The van der Waals surface area contributed by atoms with E-state index in [0.29, 0.717) is 19.8 Å². The summed E-state index contributed by atoms with van der Waals surface area (Å²) in [6.45, 7) is 5.63. The summed E-state index contributed by atoms with van der Waals surface area (Å²) in [7, 11) is 3.93. The lowest BCUT2D eigenvalue weighted by Gasteiger charge is -2.35. The highest BCUT2D eigenvalue weighted by Gasteiger charge is 2.45. The van der Waals surface area contributed by atoms with Crippen molar-refractivity contribution in [3.63, 3.8) is 0 Å². The van der Waals surface area contributed by atoms with Crippen LogP contribution in [0.4, 0.5) is 10.3 Å². The van der Waals surface area contributed by atoms with Crippen molar-refractivity contribution >= 4 is 5.95 Å². The Hall–Kier alpha value is -2.05. The van der Waals surface area contributed by atoms with Crippen LogP contribution in [0.5, 0.6) is 0 Å². The molecule has 1 unspecified atom stereocenters. The summed E-state index contributed by atoms with van der Waals surface area (Å²) >= 11 is 0. The highest BCUT2D eigenvalue weighted by molar-refractivity contribution is 5.41. The quantitative estimate of drug-likeness (QED) is 0.846. The van der Waals surface area contributed by atoms with Gasteiger partial charge in [0, 0.05) is 44.0 Å². The molecule has 0 bridgehead atoms. The number of nitrogens with zero attached hydrogens (tertiary/aromatic N) is 4. The van der Waals surface area contributed by atoms with Crippen LogP contribution >= 0.6 is 0 Å². The Kier molecular flexibility index (Phi) is 4.40. The number of aromatic nitrogens is 2. The third-order valence-electron chi connectivity index (χ3n) is 5.51. The van der Waals surface area contributed by atoms with Crippen LogP contribution in [-0.2, 0) is 23.3 Å².